The zero-order chi connectivity index (χ0) is 12.7. The lowest BCUT2D eigenvalue weighted by molar-refractivity contribution is -0.124. The predicted molar refractivity (Wildman–Crippen MR) is 68.8 cm³/mol. The number of benzene rings is 1. The number of allylic oxidation sites excluding steroid dienone is 1. The quantitative estimate of drug-likeness (QED) is 0.560. The smallest absolute Gasteiger partial charge is 0.254 e. The lowest BCUT2D eigenvalue weighted by Crippen LogP contribution is -2.20. The van der Waals surface area contributed by atoms with Crippen LogP contribution in [0.5, 0.6) is 0 Å². The summed E-state index contributed by atoms with van der Waals surface area (Å²) in [6, 6.07) is 8.20. The zero-order valence-electron chi connectivity index (χ0n) is 10.3. The van der Waals surface area contributed by atoms with Crippen molar-refractivity contribution in [2.24, 2.45) is 0 Å². The lowest BCUT2D eigenvalue weighted by Gasteiger charge is -2.25. The van der Waals surface area contributed by atoms with Gasteiger partial charge in [0.15, 0.2) is 0 Å². The Morgan fingerprint density at radius 1 is 1.17 bits per heavy atom. The van der Waals surface area contributed by atoms with Crippen LogP contribution in [0.4, 0.5) is 0 Å². The van der Waals surface area contributed by atoms with Crippen molar-refractivity contribution in [1.29, 1.82) is 0 Å². The fraction of sp³-hybridized carbons (Fsp3) is 0.333. The van der Waals surface area contributed by atoms with Gasteiger partial charge in [0, 0.05) is 5.57 Å². The normalized spacial score (nSPS) is 27.1. The van der Waals surface area contributed by atoms with Crippen molar-refractivity contribution in [2.75, 3.05) is 0 Å². The van der Waals surface area contributed by atoms with Gasteiger partial charge in [-0.2, -0.15) is 0 Å². The molecule has 0 aromatic heterocycles. The molecular formula is C15H15NO2. The molecular weight excluding hydrogens is 226 g/mol. The van der Waals surface area contributed by atoms with Gasteiger partial charge in [-0.1, -0.05) is 31.2 Å². The average molecular weight is 241 g/mol. The molecule has 1 aliphatic carbocycles. The number of amides is 2. The highest BCUT2D eigenvalue weighted by atomic mass is 16.2. The van der Waals surface area contributed by atoms with Crippen molar-refractivity contribution >= 4 is 17.4 Å². The van der Waals surface area contributed by atoms with Crippen molar-refractivity contribution in [3.63, 3.8) is 0 Å². The van der Waals surface area contributed by atoms with Gasteiger partial charge in [-0.25, -0.2) is 0 Å². The second-order valence-corrected chi connectivity index (χ2v) is 5.04. The Labute approximate surface area is 106 Å². The van der Waals surface area contributed by atoms with Crippen LogP contribution in [0.3, 0.4) is 0 Å². The van der Waals surface area contributed by atoms with Crippen LogP contribution in [0.1, 0.15) is 43.2 Å². The fourth-order valence-corrected chi connectivity index (χ4v) is 2.90. The number of fused-ring (bicyclic) bond motifs is 1. The summed E-state index contributed by atoms with van der Waals surface area (Å²) in [5.41, 5.74) is 4.17. The molecule has 0 spiro atoms. The van der Waals surface area contributed by atoms with Crippen molar-refractivity contribution in [2.45, 2.75) is 32.1 Å². The molecule has 18 heavy (non-hydrogen) atoms. The van der Waals surface area contributed by atoms with Crippen LogP contribution < -0.4 is 5.32 Å². The number of imide groups is 1. The molecule has 92 valence electrons. The molecule has 1 fully saturated rings. The molecule has 1 aromatic carbocycles. The SMILES string of the molecule is CC1CC/C(=C2/CC(=O)NC2=O)c2ccccc21. The fourth-order valence-electron chi connectivity index (χ4n) is 2.90. The van der Waals surface area contributed by atoms with Crippen LogP contribution in [0, 0.1) is 0 Å². The first-order valence-electron chi connectivity index (χ1n) is 6.32. The van der Waals surface area contributed by atoms with Gasteiger partial charge in [0.2, 0.25) is 5.91 Å². The van der Waals surface area contributed by atoms with E-state index in [1.807, 2.05) is 12.1 Å². The van der Waals surface area contributed by atoms with Gasteiger partial charge in [0.1, 0.15) is 0 Å². The molecule has 1 aliphatic heterocycles. The second-order valence-electron chi connectivity index (χ2n) is 5.04. The number of carbonyl (C=O) groups excluding carboxylic acids is 2. The van der Waals surface area contributed by atoms with E-state index in [0.717, 1.165) is 24.0 Å². The summed E-state index contributed by atoms with van der Waals surface area (Å²) in [4.78, 5) is 23.1. The molecule has 1 unspecified atom stereocenters. The highest BCUT2D eigenvalue weighted by molar-refractivity contribution is 6.17. The molecule has 1 atom stereocenters. The highest BCUT2D eigenvalue weighted by Crippen LogP contribution is 2.40. The van der Waals surface area contributed by atoms with Crippen molar-refractivity contribution < 1.29 is 9.59 Å². The minimum atomic E-state index is -0.209. The topological polar surface area (TPSA) is 46.2 Å². The molecule has 1 N–H and O–H groups in total. The standard InChI is InChI=1S/C15H15NO2/c1-9-6-7-12(11-5-3-2-4-10(9)11)13-8-14(17)16-15(13)18/h2-5,9H,6-8H2,1H3,(H,16,17,18)/b13-12+. The van der Waals surface area contributed by atoms with Gasteiger partial charge >= 0.3 is 0 Å². The van der Waals surface area contributed by atoms with E-state index in [0.29, 0.717) is 11.5 Å². The third kappa shape index (κ3) is 1.67. The molecule has 3 heteroatoms. The molecule has 3 rings (SSSR count). The molecule has 3 nitrogen and oxygen atoms in total. The van der Waals surface area contributed by atoms with Crippen LogP contribution in [0.15, 0.2) is 29.8 Å². The van der Waals surface area contributed by atoms with E-state index in [1.54, 1.807) is 0 Å². The molecule has 1 aromatic rings. The van der Waals surface area contributed by atoms with Gasteiger partial charge in [-0.3, -0.25) is 14.9 Å². The Hall–Kier alpha value is -1.90. The van der Waals surface area contributed by atoms with Crippen molar-refractivity contribution in [3.05, 3.63) is 41.0 Å². The second kappa shape index (κ2) is 4.09. The maximum Gasteiger partial charge on any atom is 0.254 e. The summed E-state index contributed by atoms with van der Waals surface area (Å²) >= 11 is 0. The largest absolute Gasteiger partial charge is 0.292 e. The van der Waals surface area contributed by atoms with E-state index >= 15 is 0 Å². The van der Waals surface area contributed by atoms with Crippen LogP contribution in [0.2, 0.25) is 0 Å². The van der Waals surface area contributed by atoms with E-state index < -0.39 is 0 Å². The van der Waals surface area contributed by atoms with E-state index in [-0.39, 0.29) is 18.2 Å². The number of nitrogens with one attached hydrogen (secondary N) is 1. The Balaban J connectivity index is 2.16. The maximum atomic E-state index is 11.8. The lowest BCUT2D eigenvalue weighted by atomic mass is 9.79. The molecule has 1 heterocycles. The molecule has 1 saturated heterocycles. The Bertz CT molecular complexity index is 572. The van der Waals surface area contributed by atoms with E-state index in [4.69, 9.17) is 0 Å². The van der Waals surface area contributed by atoms with Crippen LogP contribution >= 0.6 is 0 Å². The summed E-state index contributed by atoms with van der Waals surface area (Å²) in [5, 5.41) is 2.37. The monoisotopic (exact) mass is 241 g/mol. The van der Waals surface area contributed by atoms with Crippen LogP contribution in [0.25, 0.3) is 5.57 Å². The Morgan fingerprint density at radius 3 is 2.67 bits per heavy atom. The number of carbonyl (C=O) groups is 2. The molecule has 2 aliphatic rings. The first-order chi connectivity index (χ1) is 8.66. The molecule has 0 radical (unpaired) electrons. The molecule has 0 bridgehead atoms. The summed E-state index contributed by atoms with van der Waals surface area (Å²) in [6.45, 7) is 2.21. The summed E-state index contributed by atoms with van der Waals surface area (Å²) in [7, 11) is 0. The number of rotatable bonds is 0. The van der Waals surface area contributed by atoms with Gasteiger partial charge in [0.05, 0.1) is 6.42 Å². The average Bonchev–Trinajstić information content (AvgIpc) is 2.69. The summed E-state index contributed by atoms with van der Waals surface area (Å²) in [6.07, 6.45) is 2.16. The first kappa shape index (κ1) is 11.2. The maximum absolute atomic E-state index is 11.8. The van der Waals surface area contributed by atoms with Gasteiger partial charge in [-0.05, 0) is 35.5 Å². The minimum absolute atomic E-state index is 0.182. The molecule has 0 saturated carbocycles. The zero-order valence-corrected chi connectivity index (χ0v) is 10.3. The van der Waals surface area contributed by atoms with E-state index in [2.05, 4.69) is 24.4 Å². The van der Waals surface area contributed by atoms with Crippen molar-refractivity contribution in [3.8, 4) is 0 Å². The number of hydrogen-bond acceptors (Lipinski definition) is 2. The van der Waals surface area contributed by atoms with E-state index in [1.165, 1.54) is 5.56 Å². The highest BCUT2D eigenvalue weighted by Gasteiger charge is 2.30. The summed E-state index contributed by atoms with van der Waals surface area (Å²) in [5.74, 6) is 0.128. The van der Waals surface area contributed by atoms with Gasteiger partial charge in [-0.15, -0.1) is 0 Å². The predicted octanol–water partition coefficient (Wildman–Crippen LogP) is 2.38. The molecule has 2 amide bonds. The third-order valence-electron chi connectivity index (χ3n) is 3.87. The van der Waals surface area contributed by atoms with Crippen LogP contribution in [-0.4, -0.2) is 11.8 Å². The number of hydrogen-bond donors (Lipinski definition) is 1. The summed E-state index contributed by atoms with van der Waals surface area (Å²) < 4.78 is 0. The minimum Gasteiger partial charge on any atom is -0.292 e. The Morgan fingerprint density at radius 2 is 1.94 bits per heavy atom. The van der Waals surface area contributed by atoms with Crippen LogP contribution in [-0.2, 0) is 9.59 Å². The Kier molecular flexibility index (Phi) is 2.54. The van der Waals surface area contributed by atoms with E-state index in [9.17, 15) is 9.59 Å². The van der Waals surface area contributed by atoms with Gasteiger partial charge in [0.25, 0.3) is 5.91 Å². The first-order valence-corrected chi connectivity index (χ1v) is 6.32. The third-order valence-corrected chi connectivity index (χ3v) is 3.87. The van der Waals surface area contributed by atoms with Crippen molar-refractivity contribution in [1.82, 2.24) is 5.32 Å². The van der Waals surface area contributed by atoms with Gasteiger partial charge < -0.3 is 0 Å².